The normalized spacial score (nSPS) is 9.76. The maximum absolute atomic E-state index is 12.0. The molecule has 0 bridgehead atoms. The number of hydrogen-bond acceptors (Lipinski definition) is 6. The number of carbonyl (C=O) groups excluding carboxylic acids is 1. The molecule has 0 saturated heterocycles. The summed E-state index contributed by atoms with van der Waals surface area (Å²) in [6.07, 6.45) is 1.16. The minimum absolute atomic E-state index is 0. The second-order valence-corrected chi connectivity index (χ2v) is 3.94. The number of hydrogen-bond donors (Lipinski definition) is 0. The average Bonchev–Trinajstić information content (AvgIpc) is 2.38. The van der Waals surface area contributed by atoms with Crippen molar-refractivity contribution in [1.29, 1.82) is 0 Å². The summed E-state index contributed by atoms with van der Waals surface area (Å²) >= 11 is 0. The molecule has 0 saturated carbocycles. The number of rotatable bonds is 3. The molecule has 0 aliphatic heterocycles. The molecule has 9 heteroatoms. The van der Waals surface area contributed by atoms with E-state index in [1.54, 1.807) is 0 Å². The molecular weight excluding hydrogens is 305 g/mol. The van der Waals surface area contributed by atoms with E-state index >= 15 is 0 Å². The zero-order chi connectivity index (χ0) is 14.9. The SMILES string of the molecule is Cc1ncn(-c2ccc([N+](=O)[O-])cc2)c(=O)c1C(=O)[O-].[K+]. The Kier molecular flexibility index (Phi) is 5.93. The molecular formula is C12H8KN3O5. The van der Waals surface area contributed by atoms with Crippen molar-refractivity contribution in [3.8, 4) is 5.69 Å². The fraction of sp³-hybridized carbons (Fsp3) is 0.0833. The summed E-state index contributed by atoms with van der Waals surface area (Å²) in [6.45, 7) is 1.38. The molecule has 0 N–H and O–H groups in total. The summed E-state index contributed by atoms with van der Waals surface area (Å²) in [5.74, 6) is -1.61. The van der Waals surface area contributed by atoms with Crippen molar-refractivity contribution in [2.75, 3.05) is 0 Å². The third-order valence-corrected chi connectivity index (χ3v) is 2.70. The van der Waals surface area contributed by atoms with Gasteiger partial charge in [0.25, 0.3) is 11.2 Å². The van der Waals surface area contributed by atoms with Crippen molar-refractivity contribution in [2.24, 2.45) is 0 Å². The molecule has 1 aromatic carbocycles. The van der Waals surface area contributed by atoms with Crippen LogP contribution in [0.4, 0.5) is 5.69 Å². The molecule has 0 fully saturated rings. The third kappa shape index (κ3) is 3.63. The Hall–Kier alpha value is -1.39. The average molecular weight is 313 g/mol. The van der Waals surface area contributed by atoms with Crippen LogP contribution in [0, 0.1) is 17.0 Å². The number of benzene rings is 1. The van der Waals surface area contributed by atoms with Gasteiger partial charge in [-0.25, -0.2) is 4.98 Å². The Bertz CT molecular complexity index is 754. The fourth-order valence-corrected chi connectivity index (χ4v) is 1.69. The standard InChI is InChI=1S/C12H9N3O5.K/c1-7-10(12(17)18)11(16)14(6-13-7)8-2-4-9(5-3-8)15(19)20;/h2-6H,1H3,(H,17,18);/q;+1/p-1. The minimum Gasteiger partial charge on any atom is -0.545 e. The van der Waals surface area contributed by atoms with E-state index in [0.717, 1.165) is 10.9 Å². The number of nitro groups is 1. The van der Waals surface area contributed by atoms with Gasteiger partial charge >= 0.3 is 51.4 Å². The molecule has 0 unspecified atom stereocenters. The zero-order valence-electron chi connectivity index (χ0n) is 11.3. The minimum atomic E-state index is -1.61. The van der Waals surface area contributed by atoms with Crippen LogP contribution in [0.1, 0.15) is 16.1 Å². The number of carboxylic acids is 1. The summed E-state index contributed by atoms with van der Waals surface area (Å²) in [7, 11) is 0. The predicted molar refractivity (Wildman–Crippen MR) is 65.6 cm³/mol. The number of nitro benzene ring substituents is 1. The van der Waals surface area contributed by atoms with E-state index in [2.05, 4.69) is 4.98 Å². The van der Waals surface area contributed by atoms with Crippen molar-refractivity contribution in [1.82, 2.24) is 9.55 Å². The van der Waals surface area contributed by atoms with Crippen molar-refractivity contribution >= 4 is 11.7 Å². The molecule has 0 amide bonds. The van der Waals surface area contributed by atoms with Crippen LogP contribution < -0.4 is 62.1 Å². The summed E-state index contributed by atoms with van der Waals surface area (Å²) in [5.41, 5.74) is -1.15. The number of carbonyl (C=O) groups is 1. The van der Waals surface area contributed by atoms with Gasteiger partial charge in [0.05, 0.1) is 27.8 Å². The van der Waals surface area contributed by atoms with Crippen LogP contribution in [0.2, 0.25) is 0 Å². The van der Waals surface area contributed by atoms with Crippen LogP contribution in [0.15, 0.2) is 35.4 Å². The molecule has 1 aromatic heterocycles. The van der Waals surface area contributed by atoms with E-state index in [0.29, 0.717) is 0 Å². The van der Waals surface area contributed by atoms with E-state index in [4.69, 9.17) is 0 Å². The van der Waals surface area contributed by atoms with Crippen LogP contribution in [0.25, 0.3) is 5.69 Å². The smallest absolute Gasteiger partial charge is 0.545 e. The first-order chi connectivity index (χ1) is 9.41. The van der Waals surface area contributed by atoms with Crippen molar-refractivity contribution < 1.29 is 66.2 Å². The monoisotopic (exact) mass is 313 g/mol. The molecule has 102 valence electrons. The van der Waals surface area contributed by atoms with Gasteiger partial charge in [0.1, 0.15) is 6.33 Å². The zero-order valence-corrected chi connectivity index (χ0v) is 14.4. The number of non-ortho nitro benzene ring substituents is 1. The van der Waals surface area contributed by atoms with Gasteiger partial charge in [0.2, 0.25) is 0 Å². The number of aryl methyl sites for hydroxylation is 1. The second-order valence-electron chi connectivity index (χ2n) is 3.94. The number of aromatic nitrogens is 2. The molecule has 1 heterocycles. The Labute approximate surface area is 161 Å². The van der Waals surface area contributed by atoms with Gasteiger partial charge in [-0.15, -0.1) is 0 Å². The quantitative estimate of drug-likeness (QED) is 0.335. The second kappa shape index (κ2) is 7.05. The first-order valence-electron chi connectivity index (χ1n) is 5.46. The van der Waals surface area contributed by atoms with Crippen LogP contribution in [0.3, 0.4) is 0 Å². The fourth-order valence-electron chi connectivity index (χ4n) is 1.69. The molecule has 0 aliphatic carbocycles. The first kappa shape index (κ1) is 17.7. The molecule has 21 heavy (non-hydrogen) atoms. The molecule has 0 atom stereocenters. The first-order valence-corrected chi connectivity index (χ1v) is 5.46. The van der Waals surface area contributed by atoms with Gasteiger partial charge < -0.3 is 9.90 Å². The van der Waals surface area contributed by atoms with Gasteiger partial charge in [-0.1, -0.05) is 0 Å². The van der Waals surface area contributed by atoms with Crippen LogP contribution in [0.5, 0.6) is 0 Å². The Morgan fingerprint density at radius 1 is 1.29 bits per heavy atom. The van der Waals surface area contributed by atoms with Crippen molar-refractivity contribution in [3.05, 3.63) is 62.3 Å². The predicted octanol–water partition coefficient (Wildman–Crippen LogP) is -3.18. The maximum Gasteiger partial charge on any atom is 1.00 e. The largest absolute Gasteiger partial charge is 1.00 e. The van der Waals surface area contributed by atoms with Gasteiger partial charge in [-0.3, -0.25) is 19.5 Å². The van der Waals surface area contributed by atoms with E-state index in [-0.39, 0.29) is 68.5 Å². The Balaban J connectivity index is 0.00000220. The maximum atomic E-state index is 12.0. The molecule has 0 spiro atoms. The van der Waals surface area contributed by atoms with Gasteiger partial charge in [0, 0.05) is 12.1 Å². The van der Waals surface area contributed by atoms with Gasteiger partial charge in [-0.2, -0.15) is 0 Å². The Morgan fingerprint density at radius 3 is 2.33 bits per heavy atom. The van der Waals surface area contributed by atoms with Crippen molar-refractivity contribution in [3.63, 3.8) is 0 Å². The van der Waals surface area contributed by atoms with Crippen LogP contribution >= 0.6 is 0 Å². The van der Waals surface area contributed by atoms with Crippen molar-refractivity contribution in [2.45, 2.75) is 6.92 Å². The van der Waals surface area contributed by atoms with E-state index in [1.165, 1.54) is 31.2 Å². The van der Waals surface area contributed by atoms with Gasteiger partial charge in [-0.05, 0) is 19.1 Å². The summed E-state index contributed by atoms with van der Waals surface area (Å²) in [5, 5.41) is 21.5. The van der Waals surface area contributed by atoms with E-state index < -0.39 is 22.0 Å². The topological polar surface area (TPSA) is 118 Å². The molecule has 2 aromatic rings. The summed E-state index contributed by atoms with van der Waals surface area (Å²) < 4.78 is 0.988. The van der Waals surface area contributed by atoms with Crippen LogP contribution in [-0.4, -0.2) is 20.4 Å². The number of nitrogens with zero attached hydrogens (tertiary/aromatic N) is 3. The molecule has 8 nitrogen and oxygen atoms in total. The van der Waals surface area contributed by atoms with Crippen LogP contribution in [-0.2, 0) is 0 Å². The number of aromatic carboxylic acids is 1. The molecule has 2 rings (SSSR count). The van der Waals surface area contributed by atoms with E-state index in [1.807, 2.05) is 0 Å². The Morgan fingerprint density at radius 2 is 1.86 bits per heavy atom. The molecule has 0 radical (unpaired) electrons. The van der Waals surface area contributed by atoms with Gasteiger partial charge in [0.15, 0.2) is 0 Å². The third-order valence-electron chi connectivity index (χ3n) is 2.70. The molecule has 0 aliphatic rings. The number of carboxylic acid groups (broad SMARTS) is 1. The van der Waals surface area contributed by atoms with E-state index in [9.17, 15) is 24.8 Å². The summed E-state index contributed by atoms with van der Waals surface area (Å²) in [6, 6.07) is 5.08. The summed E-state index contributed by atoms with van der Waals surface area (Å²) in [4.78, 5) is 36.7.